The Labute approximate surface area is 109 Å². The van der Waals surface area contributed by atoms with Crippen LogP contribution in [-0.2, 0) is 9.53 Å². The summed E-state index contributed by atoms with van der Waals surface area (Å²) in [6.45, 7) is 3.16. The SMILES string of the molecule is C/C=C(\C)C(=O)OCC(=O)c1ccc(Br)cc1. The zero-order valence-electron chi connectivity index (χ0n) is 9.70. The molecule has 0 aliphatic carbocycles. The summed E-state index contributed by atoms with van der Waals surface area (Å²) in [6.07, 6.45) is 1.65. The van der Waals surface area contributed by atoms with E-state index in [-0.39, 0.29) is 12.4 Å². The smallest absolute Gasteiger partial charge is 0.333 e. The van der Waals surface area contributed by atoms with Gasteiger partial charge in [0, 0.05) is 15.6 Å². The maximum absolute atomic E-state index is 11.7. The molecule has 0 unspecified atom stereocenters. The molecule has 1 aromatic carbocycles. The van der Waals surface area contributed by atoms with Gasteiger partial charge in [-0.25, -0.2) is 4.79 Å². The van der Waals surface area contributed by atoms with Crippen LogP contribution in [0.25, 0.3) is 0 Å². The molecule has 0 aliphatic rings. The number of hydrogen-bond acceptors (Lipinski definition) is 3. The van der Waals surface area contributed by atoms with E-state index in [1.807, 2.05) is 0 Å². The zero-order chi connectivity index (χ0) is 12.8. The molecular weight excluding hydrogens is 284 g/mol. The predicted octanol–water partition coefficient (Wildman–Crippen LogP) is 3.14. The van der Waals surface area contributed by atoms with E-state index in [0.717, 1.165) is 4.47 Å². The number of halogens is 1. The van der Waals surface area contributed by atoms with Crippen LogP contribution in [0.5, 0.6) is 0 Å². The molecule has 0 saturated carbocycles. The molecule has 0 amide bonds. The molecule has 17 heavy (non-hydrogen) atoms. The molecule has 1 rings (SSSR count). The van der Waals surface area contributed by atoms with Crippen LogP contribution < -0.4 is 0 Å². The highest BCUT2D eigenvalue weighted by Crippen LogP contribution is 2.11. The van der Waals surface area contributed by atoms with Gasteiger partial charge in [0.2, 0.25) is 0 Å². The first-order chi connectivity index (χ1) is 8.04. The zero-order valence-corrected chi connectivity index (χ0v) is 11.3. The van der Waals surface area contributed by atoms with Gasteiger partial charge in [0.25, 0.3) is 0 Å². The van der Waals surface area contributed by atoms with Crippen molar-refractivity contribution in [3.63, 3.8) is 0 Å². The number of Topliss-reactive ketones (excluding diaryl/α,β-unsaturated/α-hetero) is 1. The number of ether oxygens (including phenoxy) is 1. The van der Waals surface area contributed by atoms with Crippen LogP contribution in [0.4, 0.5) is 0 Å². The van der Waals surface area contributed by atoms with Crippen molar-refractivity contribution in [2.24, 2.45) is 0 Å². The minimum atomic E-state index is -0.460. The number of hydrogen-bond donors (Lipinski definition) is 0. The van der Waals surface area contributed by atoms with Crippen LogP contribution in [0.1, 0.15) is 24.2 Å². The molecule has 0 bridgehead atoms. The van der Waals surface area contributed by atoms with Crippen molar-refractivity contribution in [1.82, 2.24) is 0 Å². The average Bonchev–Trinajstić information content (AvgIpc) is 2.35. The van der Waals surface area contributed by atoms with Gasteiger partial charge >= 0.3 is 5.97 Å². The van der Waals surface area contributed by atoms with E-state index in [2.05, 4.69) is 15.9 Å². The highest BCUT2D eigenvalue weighted by Gasteiger charge is 2.10. The monoisotopic (exact) mass is 296 g/mol. The summed E-state index contributed by atoms with van der Waals surface area (Å²) in [4.78, 5) is 23.0. The van der Waals surface area contributed by atoms with E-state index in [0.29, 0.717) is 11.1 Å². The Morgan fingerprint density at radius 3 is 2.41 bits per heavy atom. The van der Waals surface area contributed by atoms with Crippen LogP contribution in [-0.4, -0.2) is 18.4 Å². The molecule has 90 valence electrons. The lowest BCUT2D eigenvalue weighted by atomic mass is 10.1. The van der Waals surface area contributed by atoms with E-state index < -0.39 is 5.97 Å². The van der Waals surface area contributed by atoms with Gasteiger partial charge in [-0.1, -0.05) is 34.1 Å². The summed E-state index contributed by atoms with van der Waals surface area (Å²) < 4.78 is 5.77. The molecule has 0 N–H and O–H groups in total. The summed E-state index contributed by atoms with van der Waals surface area (Å²) in [7, 11) is 0. The second-order valence-corrected chi connectivity index (χ2v) is 4.39. The van der Waals surface area contributed by atoms with Gasteiger partial charge in [-0.2, -0.15) is 0 Å². The quantitative estimate of drug-likeness (QED) is 0.487. The largest absolute Gasteiger partial charge is 0.454 e. The van der Waals surface area contributed by atoms with Crippen LogP contribution >= 0.6 is 15.9 Å². The first-order valence-electron chi connectivity index (χ1n) is 5.13. The Hall–Kier alpha value is -1.42. The molecule has 0 atom stereocenters. The maximum Gasteiger partial charge on any atom is 0.333 e. The Morgan fingerprint density at radius 2 is 1.88 bits per heavy atom. The van der Waals surface area contributed by atoms with E-state index in [9.17, 15) is 9.59 Å². The molecule has 0 aliphatic heterocycles. The van der Waals surface area contributed by atoms with Crippen molar-refractivity contribution in [3.8, 4) is 0 Å². The summed E-state index contributed by atoms with van der Waals surface area (Å²) in [5.41, 5.74) is 1.02. The molecule has 1 aromatic rings. The topological polar surface area (TPSA) is 43.4 Å². The average molecular weight is 297 g/mol. The molecular formula is C13H13BrO3. The number of allylic oxidation sites excluding steroid dienone is 1. The second kappa shape index (κ2) is 6.35. The first-order valence-corrected chi connectivity index (χ1v) is 5.92. The normalized spacial score (nSPS) is 11.1. The van der Waals surface area contributed by atoms with Crippen LogP contribution in [0.2, 0.25) is 0 Å². The van der Waals surface area contributed by atoms with Gasteiger partial charge in [-0.3, -0.25) is 4.79 Å². The lowest BCUT2D eigenvalue weighted by Gasteiger charge is -2.04. The molecule has 0 spiro atoms. The maximum atomic E-state index is 11.7. The summed E-state index contributed by atoms with van der Waals surface area (Å²) >= 11 is 3.28. The fourth-order valence-corrected chi connectivity index (χ4v) is 1.35. The number of carbonyl (C=O) groups excluding carboxylic acids is 2. The number of esters is 1. The van der Waals surface area contributed by atoms with Crippen molar-refractivity contribution in [3.05, 3.63) is 46.0 Å². The number of rotatable bonds is 4. The molecule has 0 saturated heterocycles. The number of carbonyl (C=O) groups is 2. The third-order valence-electron chi connectivity index (χ3n) is 2.26. The van der Waals surface area contributed by atoms with Crippen molar-refractivity contribution >= 4 is 27.7 Å². The van der Waals surface area contributed by atoms with E-state index in [1.54, 1.807) is 44.2 Å². The third kappa shape index (κ3) is 4.15. The van der Waals surface area contributed by atoms with Gasteiger partial charge < -0.3 is 4.74 Å². The van der Waals surface area contributed by atoms with Crippen molar-refractivity contribution in [2.75, 3.05) is 6.61 Å². The Bertz CT molecular complexity index is 446. The van der Waals surface area contributed by atoms with E-state index in [4.69, 9.17) is 4.74 Å². The minimum Gasteiger partial charge on any atom is -0.454 e. The minimum absolute atomic E-state index is 0.213. The van der Waals surface area contributed by atoms with Gasteiger partial charge in [0.15, 0.2) is 12.4 Å². The lowest BCUT2D eigenvalue weighted by molar-refractivity contribution is -0.137. The summed E-state index contributed by atoms with van der Waals surface area (Å²) in [6, 6.07) is 6.91. The molecule has 0 fully saturated rings. The molecule has 4 heteroatoms. The van der Waals surface area contributed by atoms with Gasteiger partial charge in [0.1, 0.15) is 0 Å². The molecule has 3 nitrogen and oxygen atoms in total. The van der Waals surface area contributed by atoms with Crippen molar-refractivity contribution in [1.29, 1.82) is 0 Å². The van der Waals surface area contributed by atoms with Crippen LogP contribution in [0.3, 0.4) is 0 Å². The highest BCUT2D eigenvalue weighted by atomic mass is 79.9. The van der Waals surface area contributed by atoms with Crippen molar-refractivity contribution < 1.29 is 14.3 Å². The fourth-order valence-electron chi connectivity index (χ4n) is 1.08. The van der Waals surface area contributed by atoms with Gasteiger partial charge in [-0.05, 0) is 26.0 Å². The molecule has 0 aromatic heterocycles. The van der Waals surface area contributed by atoms with Gasteiger partial charge in [0.05, 0.1) is 0 Å². The highest BCUT2D eigenvalue weighted by molar-refractivity contribution is 9.10. The van der Waals surface area contributed by atoms with Crippen molar-refractivity contribution in [2.45, 2.75) is 13.8 Å². The second-order valence-electron chi connectivity index (χ2n) is 3.48. The molecule has 0 heterocycles. The van der Waals surface area contributed by atoms with E-state index in [1.165, 1.54) is 0 Å². The van der Waals surface area contributed by atoms with E-state index >= 15 is 0 Å². The van der Waals surface area contributed by atoms with Gasteiger partial charge in [-0.15, -0.1) is 0 Å². The Kier molecular flexibility index (Phi) is 5.10. The van der Waals surface area contributed by atoms with Crippen LogP contribution in [0.15, 0.2) is 40.4 Å². The lowest BCUT2D eigenvalue weighted by Crippen LogP contribution is -2.14. The number of benzene rings is 1. The molecule has 0 radical (unpaired) electrons. The fraction of sp³-hybridized carbons (Fsp3) is 0.231. The summed E-state index contributed by atoms with van der Waals surface area (Å²) in [5, 5.41) is 0. The predicted molar refractivity (Wildman–Crippen MR) is 68.9 cm³/mol. The van der Waals surface area contributed by atoms with Crippen LogP contribution in [0, 0.1) is 0 Å². The number of ketones is 1. The standard InChI is InChI=1S/C13H13BrO3/c1-3-9(2)13(16)17-8-12(15)10-4-6-11(14)7-5-10/h3-7H,8H2,1-2H3/b9-3+. The Morgan fingerprint density at radius 1 is 1.29 bits per heavy atom. The summed E-state index contributed by atoms with van der Waals surface area (Å²) in [5.74, 6) is -0.673. The first kappa shape index (κ1) is 13.6. The Balaban J connectivity index is 2.56. The third-order valence-corrected chi connectivity index (χ3v) is 2.78.